The number of nitrogens with two attached hydrogens (primary N) is 1. The van der Waals surface area contributed by atoms with Crippen LogP contribution in [0.15, 0.2) is 0 Å². The Morgan fingerprint density at radius 2 is 2.21 bits per heavy atom. The molecule has 5 nitrogen and oxygen atoms in total. The zero-order valence-electron chi connectivity index (χ0n) is 8.03. The molecular weight excluding hydrogens is 184 g/mol. The summed E-state index contributed by atoms with van der Waals surface area (Å²) in [5, 5.41) is 12.1. The molecule has 80 valence electrons. The number of hydrogen-bond donors (Lipinski definition) is 3. The van der Waals surface area contributed by atoms with Gasteiger partial charge in [0.15, 0.2) is 0 Å². The fourth-order valence-electron chi connectivity index (χ4n) is 1.78. The van der Waals surface area contributed by atoms with Gasteiger partial charge in [-0.3, -0.25) is 4.79 Å². The number of aliphatic hydroxyl groups is 1. The van der Waals surface area contributed by atoms with Crippen molar-refractivity contribution >= 4 is 5.91 Å². The lowest BCUT2D eigenvalue weighted by molar-refractivity contribution is -0.130. The number of nitrogens with one attached hydrogen (secondary N) is 1. The third-order valence-corrected chi connectivity index (χ3v) is 3.06. The minimum absolute atomic E-state index is 0.154. The number of rotatable bonds is 2. The maximum Gasteiger partial charge on any atom is 0.240 e. The first-order chi connectivity index (χ1) is 6.62. The summed E-state index contributed by atoms with van der Waals surface area (Å²) in [7, 11) is 0. The Morgan fingerprint density at radius 3 is 2.64 bits per heavy atom. The first-order valence-electron chi connectivity index (χ1n) is 4.97. The van der Waals surface area contributed by atoms with Gasteiger partial charge in [-0.05, 0) is 19.3 Å². The molecule has 0 radical (unpaired) electrons. The van der Waals surface area contributed by atoms with Crippen LogP contribution in [-0.4, -0.2) is 41.9 Å². The highest BCUT2D eigenvalue weighted by Gasteiger charge is 2.42. The van der Waals surface area contributed by atoms with E-state index in [2.05, 4.69) is 5.32 Å². The van der Waals surface area contributed by atoms with Crippen LogP contribution in [0.5, 0.6) is 0 Å². The summed E-state index contributed by atoms with van der Waals surface area (Å²) in [6.07, 6.45) is 1.89. The SMILES string of the molecule is NC1(C(=O)NC2COCC2O)CCC1. The van der Waals surface area contributed by atoms with Crippen molar-refractivity contribution in [2.24, 2.45) is 5.73 Å². The van der Waals surface area contributed by atoms with Crippen LogP contribution in [0.2, 0.25) is 0 Å². The largest absolute Gasteiger partial charge is 0.388 e. The van der Waals surface area contributed by atoms with E-state index >= 15 is 0 Å². The Bertz CT molecular complexity index is 240. The smallest absolute Gasteiger partial charge is 0.240 e. The number of carbonyl (C=O) groups is 1. The third kappa shape index (κ3) is 1.63. The molecule has 0 aromatic rings. The zero-order chi connectivity index (χ0) is 10.2. The van der Waals surface area contributed by atoms with E-state index in [1.807, 2.05) is 0 Å². The monoisotopic (exact) mass is 200 g/mol. The van der Waals surface area contributed by atoms with Gasteiger partial charge in [-0.2, -0.15) is 0 Å². The molecule has 1 aliphatic heterocycles. The van der Waals surface area contributed by atoms with Gasteiger partial charge in [-0.15, -0.1) is 0 Å². The summed E-state index contributed by atoms with van der Waals surface area (Å²) in [6, 6.07) is -0.288. The number of carbonyl (C=O) groups excluding carboxylic acids is 1. The van der Waals surface area contributed by atoms with Crippen LogP contribution in [0.3, 0.4) is 0 Å². The number of amides is 1. The van der Waals surface area contributed by atoms with Crippen LogP contribution in [0, 0.1) is 0 Å². The molecule has 1 amide bonds. The lowest BCUT2D eigenvalue weighted by Gasteiger charge is -2.37. The molecule has 1 heterocycles. The van der Waals surface area contributed by atoms with Gasteiger partial charge in [0.2, 0.25) is 5.91 Å². The van der Waals surface area contributed by atoms with Crippen molar-refractivity contribution in [2.75, 3.05) is 13.2 Å². The van der Waals surface area contributed by atoms with E-state index in [1.165, 1.54) is 0 Å². The van der Waals surface area contributed by atoms with Gasteiger partial charge < -0.3 is 20.9 Å². The molecule has 2 atom stereocenters. The van der Waals surface area contributed by atoms with Crippen molar-refractivity contribution < 1.29 is 14.6 Å². The standard InChI is InChI=1S/C9H16N2O3/c10-9(2-1-3-9)8(13)11-6-4-14-5-7(6)12/h6-7,12H,1-5,10H2,(H,11,13). The molecule has 4 N–H and O–H groups in total. The minimum Gasteiger partial charge on any atom is -0.388 e. The molecule has 0 bridgehead atoms. The van der Waals surface area contributed by atoms with E-state index < -0.39 is 11.6 Å². The normalized spacial score (nSPS) is 35.0. The van der Waals surface area contributed by atoms with Crippen molar-refractivity contribution in [3.8, 4) is 0 Å². The number of aliphatic hydroxyl groups excluding tert-OH is 1. The Labute approximate surface area is 82.6 Å². The molecule has 2 rings (SSSR count). The summed E-state index contributed by atoms with van der Waals surface area (Å²) in [5.74, 6) is -0.154. The van der Waals surface area contributed by atoms with Gasteiger partial charge in [0, 0.05) is 0 Å². The van der Waals surface area contributed by atoms with Crippen LogP contribution in [-0.2, 0) is 9.53 Å². The van der Waals surface area contributed by atoms with Crippen LogP contribution < -0.4 is 11.1 Å². The fourth-order valence-corrected chi connectivity index (χ4v) is 1.78. The number of ether oxygens (including phenoxy) is 1. The second kappa shape index (κ2) is 3.49. The maximum absolute atomic E-state index is 11.6. The Hall–Kier alpha value is -0.650. The first kappa shape index (κ1) is 9.89. The molecule has 5 heteroatoms. The minimum atomic E-state index is -0.692. The second-order valence-corrected chi connectivity index (χ2v) is 4.19. The molecule has 1 aliphatic carbocycles. The molecule has 1 saturated carbocycles. The van der Waals surface area contributed by atoms with Crippen molar-refractivity contribution in [3.05, 3.63) is 0 Å². The van der Waals surface area contributed by atoms with E-state index in [4.69, 9.17) is 10.5 Å². The Kier molecular flexibility index (Phi) is 2.47. The van der Waals surface area contributed by atoms with E-state index in [0.717, 1.165) is 19.3 Å². The second-order valence-electron chi connectivity index (χ2n) is 4.19. The van der Waals surface area contributed by atoms with Gasteiger partial charge in [0.05, 0.1) is 30.9 Å². The van der Waals surface area contributed by atoms with Crippen molar-refractivity contribution in [1.82, 2.24) is 5.32 Å². The summed E-state index contributed by atoms with van der Waals surface area (Å²) >= 11 is 0. The third-order valence-electron chi connectivity index (χ3n) is 3.06. The average molecular weight is 200 g/mol. The summed E-state index contributed by atoms with van der Waals surface area (Å²) in [5.41, 5.74) is 5.14. The molecule has 14 heavy (non-hydrogen) atoms. The molecule has 0 aromatic heterocycles. The summed E-state index contributed by atoms with van der Waals surface area (Å²) in [4.78, 5) is 11.6. The van der Waals surface area contributed by atoms with Crippen LogP contribution in [0.1, 0.15) is 19.3 Å². The highest BCUT2D eigenvalue weighted by molar-refractivity contribution is 5.87. The van der Waals surface area contributed by atoms with Crippen LogP contribution >= 0.6 is 0 Å². The van der Waals surface area contributed by atoms with Gasteiger partial charge in [-0.25, -0.2) is 0 Å². The van der Waals surface area contributed by atoms with Gasteiger partial charge in [-0.1, -0.05) is 0 Å². The number of hydrogen-bond acceptors (Lipinski definition) is 4. The molecule has 2 aliphatic rings. The molecule has 1 saturated heterocycles. The fraction of sp³-hybridized carbons (Fsp3) is 0.889. The van der Waals surface area contributed by atoms with E-state index in [0.29, 0.717) is 13.2 Å². The maximum atomic E-state index is 11.6. The van der Waals surface area contributed by atoms with E-state index in [1.54, 1.807) is 0 Å². The van der Waals surface area contributed by atoms with Crippen molar-refractivity contribution in [3.63, 3.8) is 0 Å². The molecule has 2 fully saturated rings. The zero-order valence-corrected chi connectivity index (χ0v) is 8.03. The lowest BCUT2D eigenvalue weighted by atomic mass is 9.77. The molecule has 0 spiro atoms. The first-order valence-corrected chi connectivity index (χ1v) is 4.97. The quantitative estimate of drug-likeness (QED) is 0.519. The van der Waals surface area contributed by atoms with Crippen LogP contribution in [0.4, 0.5) is 0 Å². The highest BCUT2D eigenvalue weighted by atomic mass is 16.5. The topological polar surface area (TPSA) is 84.6 Å². The van der Waals surface area contributed by atoms with Crippen molar-refractivity contribution in [2.45, 2.75) is 36.9 Å². The van der Waals surface area contributed by atoms with E-state index in [-0.39, 0.29) is 11.9 Å². The van der Waals surface area contributed by atoms with Gasteiger partial charge in [0.25, 0.3) is 0 Å². The van der Waals surface area contributed by atoms with Crippen LogP contribution in [0.25, 0.3) is 0 Å². The summed E-state index contributed by atoms with van der Waals surface area (Å²) < 4.78 is 5.03. The highest BCUT2D eigenvalue weighted by Crippen LogP contribution is 2.29. The van der Waals surface area contributed by atoms with Gasteiger partial charge in [0.1, 0.15) is 0 Å². The van der Waals surface area contributed by atoms with Gasteiger partial charge >= 0.3 is 0 Å². The molecule has 0 aromatic carbocycles. The van der Waals surface area contributed by atoms with Crippen molar-refractivity contribution in [1.29, 1.82) is 0 Å². The Balaban J connectivity index is 1.87. The molecule has 2 unspecified atom stereocenters. The predicted molar refractivity (Wildman–Crippen MR) is 49.5 cm³/mol. The predicted octanol–water partition coefficient (Wildman–Crippen LogP) is -1.26. The molecular formula is C9H16N2O3. The lowest BCUT2D eigenvalue weighted by Crippen LogP contribution is -2.61. The van der Waals surface area contributed by atoms with E-state index in [9.17, 15) is 9.90 Å². The summed E-state index contributed by atoms with van der Waals surface area (Å²) in [6.45, 7) is 0.672. The Morgan fingerprint density at radius 1 is 1.50 bits per heavy atom. The average Bonchev–Trinajstić information content (AvgIpc) is 2.48.